The van der Waals surface area contributed by atoms with Crippen LogP contribution in [0.25, 0.3) is 17.2 Å². The minimum Gasteiger partial charge on any atom is -0.398 e. The SMILES string of the molecule is CSc1ccc(/C=C2\C=C(CC(=O)NCc3ccccc3N)c3cc(F)ccc32)cc1. The molecule has 1 aliphatic rings. The molecule has 1 aliphatic carbocycles. The lowest BCUT2D eigenvalue weighted by Gasteiger charge is -2.09. The van der Waals surface area contributed by atoms with Crippen molar-refractivity contribution in [1.82, 2.24) is 5.32 Å². The molecule has 3 aromatic rings. The average Bonchev–Trinajstić information content (AvgIpc) is 3.09. The van der Waals surface area contributed by atoms with Gasteiger partial charge in [-0.3, -0.25) is 4.79 Å². The fourth-order valence-electron chi connectivity index (χ4n) is 3.65. The fraction of sp³-hybridized carbons (Fsp3) is 0.115. The van der Waals surface area contributed by atoms with Crippen molar-refractivity contribution >= 4 is 40.6 Å². The Bertz CT molecular complexity index is 1180. The van der Waals surface area contributed by atoms with Crippen LogP contribution in [0, 0.1) is 5.82 Å². The van der Waals surface area contributed by atoms with Gasteiger partial charge in [-0.1, -0.05) is 36.4 Å². The molecule has 0 aromatic heterocycles. The van der Waals surface area contributed by atoms with Gasteiger partial charge in [0.2, 0.25) is 5.91 Å². The van der Waals surface area contributed by atoms with Gasteiger partial charge in [-0.05, 0) is 82.1 Å². The molecule has 0 aliphatic heterocycles. The zero-order valence-corrected chi connectivity index (χ0v) is 18.0. The van der Waals surface area contributed by atoms with Crippen molar-refractivity contribution in [2.24, 2.45) is 0 Å². The molecule has 0 saturated heterocycles. The number of carbonyl (C=O) groups excluding carboxylic acids is 1. The van der Waals surface area contributed by atoms with Crippen LogP contribution in [0.15, 0.2) is 77.7 Å². The third-order valence-corrected chi connectivity index (χ3v) is 6.03. The van der Waals surface area contributed by atoms with E-state index in [0.717, 1.165) is 33.4 Å². The van der Waals surface area contributed by atoms with E-state index in [1.807, 2.05) is 36.6 Å². The highest BCUT2D eigenvalue weighted by molar-refractivity contribution is 7.98. The first-order chi connectivity index (χ1) is 15.0. The standard InChI is InChI=1S/C26H23FN2OS/c1-31-22-9-6-17(7-10-22)12-19-13-20(24-15-21(27)8-11-23(19)24)14-26(30)29-16-18-4-2-3-5-25(18)28/h2-13,15H,14,16,28H2,1H3,(H,29,30)/b19-12+. The molecular weight excluding hydrogens is 407 g/mol. The maximum absolute atomic E-state index is 14.0. The summed E-state index contributed by atoms with van der Waals surface area (Å²) in [6.45, 7) is 0.360. The predicted octanol–water partition coefficient (Wildman–Crippen LogP) is 5.77. The Balaban J connectivity index is 1.55. The van der Waals surface area contributed by atoms with E-state index in [1.165, 1.54) is 17.0 Å². The maximum Gasteiger partial charge on any atom is 0.224 e. The second kappa shape index (κ2) is 9.23. The van der Waals surface area contributed by atoms with Crippen molar-refractivity contribution in [3.63, 3.8) is 0 Å². The summed E-state index contributed by atoms with van der Waals surface area (Å²) in [6.07, 6.45) is 6.26. The highest BCUT2D eigenvalue weighted by atomic mass is 32.2. The first kappa shape index (κ1) is 20.9. The Morgan fingerprint density at radius 3 is 2.58 bits per heavy atom. The number of halogens is 1. The summed E-state index contributed by atoms with van der Waals surface area (Å²) in [5.74, 6) is -0.442. The number of allylic oxidation sites excluding steroid dienone is 2. The zero-order chi connectivity index (χ0) is 21.8. The first-order valence-corrected chi connectivity index (χ1v) is 11.2. The largest absolute Gasteiger partial charge is 0.398 e. The molecule has 0 unspecified atom stereocenters. The van der Waals surface area contributed by atoms with Gasteiger partial charge in [-0.2, -0.15) is 0 Å². The molecule has 1 amide bonds. The molecule has 0 atom stereocenters. The van der Waals surface area contributed by atoms with E-state index in [2.05, 4.69) is 35.7 Å². The van der Waals surface area contributed by atoms with Gasteiger partial charge in [0.1, 0.15) is 5.82 Å². The smallest absolute Gasteiger partial charge is 0.224 e. The number of nitrogen functional groups attached to an aromatic ring is 1. The highest BCUT2D eigenvalue weighted by Crippen LogP contribution is 2.38. The second-order valence-electron chi connectivity index (χ2n) is 7.38. The van der Waals surface area contributed by atoms with Gasteiger partial charge in [-0.25, -0.2) is 4.39 Å². The number of fused-ring (bicyclic) bond motifs is 1. The molecular formula is C26H23FN2OS. The molecule has 3 aromatic carbocycles. The van der Waals surface area contributed by atoms with E-state index in [9.17, 15) is 9.18 Å². The van der Waals surface area contributed by atoms with E-state index < -0.39 is 0 Å². The Morgan fingerprint density at radius 2 is 1.84 bits per heavy atom. The average molecular weight is 431 g/mol. The number of thioether (sulfide) groups is 1. The number of nitrogens with two attached hydrogens (primary N) is 1. The third kappa shape index (κ3) is 4.89. The Kier molecular flexibility index (Phi) is 6.23. The fourth-order valence-corrected chi connectivity index (χ4v) is 4.06. The summed E-state index contributed by atoms with van der Waals surface area (Å²) in [6, 6.07) is 20.4. The molecule has 0 radical (unpaired) electrons. The van der Waals surface area contributed by atoms with Crippen molar-refractivity contribution in [2.45, 2.75) is 17.9 Å². The lowest BCUT2D eigenvalue weighted by molar-refractivity contribution is -0.120. The van der Waals surface area contributed by atoms with Crippen LogP contribution in [0.3, 0.4) is 0 Å². The summed E-state index contributed by atoms with van der Waals surface area (Å²) in [5, 5.41) is 2.91. The van der Waals surface area contributed by atoms with Gasteiger partial charge in [-0.15, -0.1) is 11.8 Å². The summed E-state index contributed by atoms with van der Waals surface area (Å²) in [4.78, 5) is 13.8. The number of para-hydroxylation sites is 1. The summed E-state index contributed by atoms with van der Waals surface area (Å²) in [5.41, 5.74) is 12.0. The normalized spacial score (nSPS) is 13.7. The van der Waals surface area contributed by atoms with Crippen LogP contribution in [0.2, 0.25) is 0 Å². The van der Waals surface area contributed by atoms with Gasteiger partial charge >= 0.3 is 0 Å². The molecule has 156 valence electrons. The third-order valence-electron chi connectivity index (χ3n) is 5.29. The molecule has 0 fully saturated rings. The lowest BCUT2D eigenvalue weighted by atomic mass is 10.0. The summed E-state index contributed by atoms with van der Waals surface area (Å²) >= 11 is 1.69. The van der Waals surface area contributed by atoms with E-state index in [1.54, 1.807) is 17.8 Å². The number of anilines is 1. The lowest BCUT2D eigenvalue weighted by Crippen LogP contribution is -2.23. The summed E-state index contributed by atoms with van der Waals surface area (Å²) < 4.78 is 14.0. The number of nitrogens with one attached hydrogen (secondary N) is 1. The molecule has 0 spiro atoms. The maximum atomic E-state index is 14.0. The number of rotatable bonds is 6. The number of hydrogen-bond donors (Lipinski definition) is 2. The van der Waals surface area contributed by atoms with E-state index >= 15 is 0 Å². The number of hydrogen-bond acceptors (Lipinski definition) is 3. The van der Waals surface area contributed by atoms with Gasteiger partial charge in [0.05, 0.1) is 6.42 Å². The quantitative estimate of drug-likeness (QED) is 0.385. The minimum absolute atomic E-state index is 0.129. The minimum atomic E-state index is -0.312. The van der Waals surface area contributed by atoms with E-state index in [0.29, 0.717) is 12.2 Å². The van der Waals surface area contributed by atoms with Crippen LogP contribution < -0.4 is 11.1 Å². The monoisotopic (exact) mass is 430 g/mol. The molecule has 0 bridgehead atoms. The first-order valence-electron chi connectivity index (χ1n) is 10.00. The Morgan fingerprint density at radius 1 is 1.06 bits per heavy atom. The summed E-state index contributed by atoms with van der Waals surface area (Å²) in [7, 11) is 0. The van der Waals surface area contributed by atoms with Crippen molar-refractivity contribution < 1.29 is 9.18 Å². The molecule has 3 N–H and O–H groups in total. The number of amides is 1. The van der Waals surface area contributed by atoms with Crippen LogP contribution in [-0.2, 0) is 11.3 Å². The van der Waals surface area contributed by atoms with Crippen LogP contribution in [-0.4, -0.2) is 12.2 Å². The number of benzene rings is 3. The topological polar surface area (TPSA) is 55.1 Å². The van der Waals surface area contributed by atoms with Crippen molar-refractivity contribution in [3.8, 4) is 0 Å². The van der Waals surface area contributed by atoms with Gasteiger partial charge < -0.3 is 11.1 Å². The van der Waals surface area contributed by atoms with Crippen LogP contribution >= 0.6 is 11.8 Å². The molecule has 31 heavy (non-hydrogen) atoms. The van der Waals surface area contributed by atoms with Crippen LogP contribution in [0.5, 0.6) is 0 Å². The van der Waals surface area contributed by atoms with Crippen molar-refractivity contribution in [1.29, 1.82) is 0 Å². The zero-order valence-electron chi connectivity index (χ0n) is 17.2. The van der Waals surface area contributed by atoms with Crippen molar-refractivity contribution in [2.75, 3.05) is 12.0 Å². The Labute approximate surface area is 185 Å². The molecule has 5 heteroatoms. The van der Waals surface area contributed by atoms with E-state index in [-0.39, 0.29) is 18.1 Å². The Hall–Kier alpha value is -3.31. The van der Waals surface area contributed by atoms with Gasteiger partial charge in [0, 0.05) is 17.1 Å². The second-order valence-corrected chi connectivity index (χ2v) is 8.26. The van der Waals surface area contributed by atoms with Crippen molar-refractivity contribution in [3.05, 3.63) is 101 Å². The van der Waals surface area contributed by atoms with Crippen LogP contribution in [0.1, 0.15) is 28.7 Å². The predicted molar refractivity (Wildman–Crippen MR) is 128 cm³/mol. The molecule has 4 rings (SSSR count). The molecule has 0 heterocycles. The highest BCUT2D eigenvalue weighted by Gasteiger charge is 2.21. The van der Waals surface area contributed by atoms with E-state index in [4.69, 9.17) is 5.73 Å². The molecule has 3 nitrogen and oxygen atoms in total. The molecule has 0 saturated carbocycles. The van der Waals surface area contributed by atoms with Gasteiger partial charge in [0.15, 0.2) is 0 Å². The van der Waals surface area contributed by atoms with Gasteiger partial charge in [0.25, 0.3) is 0 Å². The van der Waals surface area contributed by atoms with Crippen LogP contribution in [0.4, 0.5) is 10.1 Å². The number of carbonyl (C=O) groups is 1.